The maximum absolute atomic E-state index is 12.5. The van der Waals surface area contributed by atoms with Crippen molar-refractivity contribution in [1.29, 1.82) is 0 Å². The molecule has 1 aromatic heterocycles. The summed E-state index contributed by atoms with van der Waals surface area (Å²) in [5.74, 6) is 1.17. The molecule has 136 valence electrons. The van der Waals surface area contributed by atoms with Gasteiger partial charge < -0.3 is 14.5 Å². The highest BCUT2D eigenvalue weighted by Gasteiger charge is 2.39. The van der Waals surface area contributed by atoms with E-state index in [1.807, 2.05) is 0 Å². The van der Waals surface area contributed by atoms with Gasteiger partial charge in [-0.25, -0.2) is 4.98 Å². The standard InChI is InChI=1S/C17H27N3O3.ClH/c1-11(2)14-8-20(13-4-6-22-7-5-13)9-15(14)19-17(21)16-12(3)18-10-23-16;/h10-11,13-15H,4-9H2,1-3H3,(H,19,21);1H/t14-,15+;/m1./s1. The molecule has 2 atom stereocenters. The van der Waals surface area contributed by atoms with Crippen molar-refractivity contribution in [2.24, 2.45) is 11.8 Å². The zero-order valence-electron chi connectivity index (χ0n) is 14.7. The third kappa shape index (κ3) is 4.10. The Bertz CT molecular complexity index is 543. The quantitative estimate of drug-likeness (QED) is 0.895. The molecule has 0 saturated carbocycles. The molecular formula is C17H28ClN3O3. The maximum Gasteiger partial charge on any atom is 0.289 e. The van der Waals surface area contributed by atoms with Gasteiger partial charge in [0, 0.05) is 38.4 Å². The first kappa shape index (κ1) is 19.2. The van der Waals surface area contributed by atoms with Gasteiger partial charge in [-0.15, -0.1) is 12.4 Å². The average Bonchev–Trinajstić information content (AvgIpc) is 3.14. The molecule has 1 N–H and O–H groups in total. The van der Waals surface area contributed by atoms with Gasteiger partial charge in [0.25, 0.3) is 5.91 Å². The summed E-state index contributed by atoms with van der Waals surface area (Å²) in [5.41, 5.74) is 0.642. The minimum Gasteiger partial charge on any atom is -0.438 e. The van der Waals surface area contributed by atoms with Gasteiger partial charge in [-0.3, -0.25) is 9.69 Å². The van der Waals surface area contributed by atoms with Gasteiger partial charge in [0.05, 0.1) is 5.69 Å². The van der Waals surface area contributed by atoms with Crippen molar-refractivity contribution in [1.82, 2.24) is 15.2 Å². The maximum atomic E-state index is 12.5. The number of amides is 1. The molecule has 2 aliphatic heterocycles. The minimum absolute atomic E-state index is 0. The second-order valence-electron chi connectivity index (χ2n) is 7.05. The predicted octanol–water partition coefficient (Wildman–Crippen LogP) is 2.27. The van der Waals surface area contributed by atoms with Gasteiger partial charge in [-0.05, 0) is 31.6 Å². The summed E-state index contributed by atoms with van der Waals surface area (Å²) in [6, 6.07) is 0.744. The van der Waals surface area contributed by atoms with Gasteiger partial charge in [0.15, 0.2) is 6.39 Å². The summed E-state index contributed by atoms with van der Waals surface area (Å²) in [4.78, 5) is 19.0. The first-order valence-corrected chi connectivity index (χ1v) is 8.59. The lowest BCUT2D eigenvalue weighted by atomic mass is 9.91. The van der Waals surface area contributed by atoms with Crippen LogP contribution < -0.4 is 5.32 Å². The number of likely N-dealkylation sites (tertiary alicyclic amines) is 1. The average molecular weight is 358 g/mol. The molecule has 1 aromatic rings. The number of nitrogens with one attached hydrogen (secondary N) is 1. The number of aryl methyl sites for hydroxylation is 1. The molecule has 0 aliphatic carbocycles. The van der Waals surface area contributed by atoms with E-state index in [0.717, 1.165) is 39.1 Å². The second-order valence-corrected chi connectivity index (χ2v) is 7.05. The molecule has 2 saturated heterocycles. The van der Waals surface area contributed by atoms with E-state index in [-0.39, 0.29) is 24.4 Å². The largest absolute Gasteiger partial charge is 0.438 e. The van der Waals surface area contributed by atoms with Crippen LogP contribution in [0.4, 0.5) is 0 Å². The van der Waals surface area contributed by atoms with Crippen LogP contribution in [0, 0.1) is 18.8 Å². The SMILES string of the molecule is Cc1ncoc1C(=O)N[C@H]1CN(C2CCOCC2)C[C@@H]1C(C)C.Cl. The molecule has 24 heavy (non-hydrogen) atoms. The Labute approximate surface area is 149 Å². The Kier molecular flexibility index (Phi) is 6.66. The first-order chi connectivity index (χ1) is 11.1. The Balaban J connectivity index is 0.00000208. The summed E-state index contributed by atoms with van der Waals surface area (Å²) in [7, 11) is 0. The molecule has 0 radical (unpaired) electrons. The summed E-state index contributed by atoms with van der Waals surface area (Å²) < 4.78 is 10.7. The first-order valence-electron chi connectivity index (χ1n) is 8.59. The number of ether oxygens (including phenoxy) is 1. The van der Waals surface area contributed by atoms with Crippen LogP contribution in [0.15, 0.2) is 10.8 Å². The highest BCUT2D eigenvalue weighted by atomic mass is 35.5. The number of aromatic nitrogens is 1. The van der Waals surface area contributed by atoms with Crippen molar-refractivity contribution >= 4 is 18.3 Å². The van der Waals surface area contributed by atoms with Crippen LogP contribution in [-0.2, 0) is 4.74 Å². The third-order valence-corrected chi connectivity index (χ3v) is 5.23. The topological polar surface area (TPSA) is 67.6 Å². The van der Waals surface area contributed by atoms with Crippen molar-refractivity contribution in [2.75, 3.05) is 26.3 Å². The monoisotopic (exact) mass is 357 g/mol. The van der Waals surface area contributed by atoms with Crippen LogP contribution in [0.25, 0.3) is 0 Å². The zero-order chi connectivity index (χ0) is 16.4. The molecule has 1 amide bonds. The number of rotatable bonds is 4. The molecule has 3 heterocycles. The molecule has 0 aromatic carbocycles. The van der Waals surface area contributed by atoms with Gasteiger partial charge in [-0.2, -0.15) is 0 Å². The number of oxazole rings is 1. The highest BCUT2D eigenvalue weighted by molar-refractivity contribution is 5.92. The molecular weight excluding hydrogens is 330 g/mol. The number of nitrogens with zero attached hydrogens (tertiary/aromatic N) is 2. The Morgan fingerprint density at radius 2 is 2.04 bits per heavy atom. The van der Waals surface area contributed by atoms with Crippen molar-refractivity contribution < 1.29 is 13.9 Å². The molecule has 6 nitrogen and oxygen atoms in total. The molecule has 7 heteroatoms. The van der Waals surface area contributed by atoms with Crippen LogP contribution in [-0.4, -0.2) is 54.2 Å². The molecule has 3 rings (SSSR count). The van der Waals surface area contributed by atoms with Crippen LogP contribution in [0.3, 0.4) is 0 Å². The number of hydrogen-bond donors (Lipinski definition) is 1. The van der Waals surface area contributed by atoms with E-state index < -0.39 is 0 Å². The predicted molar refractivity (Wildman–Crippen MR) is 93.5 cm³/mol. The molecule has 2 fully saturated rings. The number of hydrogen-bond acceptors (Lipinski definition) is 5. The van der Waals surface area contributed by atoms with Crippen LogP contribution in [0.1, 0.15) is 42.9 Å². The fourth-order valence-corrected chi connectivity index (χ4v) is 3.79. The number of halogens is 1. The summed E-state index contributed by atoms with van der Waals surface area (Å²) in [6.07, 6.45) is 3.51. The normalized spacial score (nSPS) is 25.7. The second kappa shape index (κ2) is 8.32. The molecule has 0 unspecified atom stereocenters. The fraction of sp³-hybridized carbons (Fsp3) is 0.765. The summed E-state index contributed by atoms with van der Waals surface area (Å²) in [5, 5.41) is 3.18. The Morgan fingerprint density at radius 3 is 2.62 bits per heavy atom. The number of carbonyl (C=O) groups is 1. The lowest BCUT2D eigenvalue weighted by Crippen LogP contribution is -2.43. The lowest BCUT2D eigenvalue weighted by molar-refractivity contribution is 0.0401. The van der Waals surface area contributed by atoms with E-state index in [2.05, 4.69) is 29.0 Å². The smallest absolute Gasteiger partial charge is 0.289 e. The molecule has 0 bridgehead atoms. The van der Waals surface area contributed by atoms with E-state index in [1.165, 1.54) is 6.39 Å². The van der Waals surface area contributed by atoms with E-state index >= 15 is 0 Å². The zero-order valence-corrected chi connectivity index (χ0v) is 15.5. The number of carbonyl (C=O) groups excluding carboxylic acids is 1. The van der Waals surface area contributed by atoms with Crippen molar-refractivity contribution in [3.63, 3.8) is 0 Å². The molecule has 2 aliphatic rings. The van der Waals surface area contributed by atoms with Crippen LogP contribution in [0.5, 0.6) is 0 Å². The summed E-state index contributed by atoms with van der Waals surface area (Å²) in [6.45, 7) is 9.91. The van der Waals surface area contributed by atoms with Crippen LogP contribution >= 0.6 is 12.4 Å². The highest BCUT2D eigenvalue weighted by Crippen LogP contribution is 2.29. The Morgan fingerprint density at radius 1 is 1.33 bits per heavy atom. The Hall–Kier alpha value is -1.11. The fourth-order valence-electron chi connectivity index (χ4n) is 3.79. The van der Waals surface area contributed by atoms with E-state index in [4.69, 9.17) is 9.15 Å². The van der Waals surface area contributed by atoms with Gasteiger partial charge in [0.2, 0.25) is 5.76 Å². The van der Waals surface area contributed by atoms with Crippen LogP contribution in [0.2, 0.25) is 0 Å². The molecule has 0 spiro atoms. The van der Waals surface area contributed by atoms with E-state index in [1.54, 1.807) is 6.92 Å². The lowest BCUT2D eigenvalue weighted by Gasteiger charge is -2.31. The van der Waals surface area contributed by atoms with Crippen molar-refractivity contribution in [3.05, 3.63) is 17.8 Å². The van der Waals surface area contributed by atoms with Gasteiger partial charge in [-0.1, -0.05) is 13.8 Å². The third-order valence-electron chi connectivity index (χ3n) is 5.23. The van der Waals surface area contributed by atoms with E-state index in [9.17, 15) is 4.79 Å². The van der Waals surface area contributed by atoms with Crippen molar-refractivity contribution in [2.45, 2.75) is 45.7 Å². The summed E-state index contributed by atoms with van der Waals surface area (Å²) >= 11 is 0. The minimum atomic E-state index is -0.149. The van der Waals surface area contributed by atoms with Gasteiger partial charge in [0.1, 0.15) is 0 Å². The van der Waals surface area contributed by atoms with Gasteiger partial charge >= 0.3 is 0 Å². The van der Waals surface area contributed by atoms with E-state index in [0.29, 0.717) is 29.3 Å². The van der Waals surface area contributed by atoms with Crippen molar-refractivity contribution in [3.8, 4) is 0 Å².